The van der Waals surface area contributed by atoms with E-state index in [0.717, 1.165) is 34.1 Å². The number of aliphatic hydroxyl groups is 1. The van der Waals surface area contributed by atoms with E-state index in [2.05, 4.69) is 34.7 Å². The Hall–Kier alpha value is -2.90. The average molecular weight is 511 g/mol. The number of hydrogen-bond acceptors (Lipinski definition) is 5. The monoisotopic (exact) mass is 510 g/mol. The normalized spacial score (nSPS) is 16.5. The molecule has 3 aromatic rings. The van der Waals surface area contributed by atoms with Crippen LogP contribution in [-0.4, -0.2) is 52.8 Å². The summed E-state index contributed by atoms with van der Waals surface area (Å²) in [6, 6.07) is 14.1. The van der Waals surface area contributed by atoms with Crippen LogP contribution < -0.4 is 0 Å². The summed E-state index contributed by atoms with van der Waals surface area (Å²) >= 11 is 3.43. The van der Waals surface area contributed by atoms with Gasteiger partial charge in [-0.1, -0.05) is 54.0 Å². The van der Waals surface area contributed by atoms with Gasteiger partial charge in [0.25, 0.3) is 5.91 Å². The summed E-state index contributed by atoms with van der Waals surface area (Å²) in [4.78, 5) is 30.6. The molecule has 7 heteroatoms. The number of benzene rings is 2. The lowest BCUT2D eigenvalue weighted by Crippen LogP contribution is -2.38. The molecule has 0 fully saturated rings. The van der Waals surface area contributed by atoms with Gasteiger partial charge < -0.3 is 19.3 Å². The number of aliphatic hydroxyl groups excluding tert-OH is 1. The number of hydrogen-bond donors (Lipinski definition) is 1. The maximum absolute atomic E-state index is 13.6. The predicted octanol–water partition coefficient (Wildman–Crippen LogP) is 5.42. The molecule has 0 aliphatic carbocycles. The Morgan fingerprint density at radius 3 is 2.58 bits per heavy atom. The minimum atomic E-state index is -0.679. The molecule has 33 heavy (non-hydrogen) atoms. The maximum Gasteiger partial charge on any atom is 0.290 e. The van der Waals surface area contributed by atoms with Crippen LogP contribution in [0.15, 0.2) is 68.8 Å². The van der Waals surface area contributed by atoms with Crippen LogP contribution >= 0.6 is 15.9 Å². The van der Waals surface area contributed by atoms with Crippen molar-refractivity contribution in [1.29, 1.82) is 0 Å². The molecular formula is C26H27BrN2O4. The second-order valence-electron chi connectivity index (χ2n) is 8.17. The SMILES string of the molecule is CCN(CC)CCN1C(=O)C(O)=C(C(=O)c2cc3cc(Br)ccc3o2)C1c1ccccc1C. The van der Waals surface area contributed by atoms with Gasteiger partial charge in [-0.3, -0.25) is 9.59 Å². The van der Waals surface area contributed by atoms with Crippen molar-refractivity contribution in [1.82, 2.24) is 9.80 Å². The summed E-state index contributed by atoms with van der Waals surface area (Å²) in [5.74, 6) is -1.42. The van der Waals surface area contributed by atoms with Crippen LogP contribution in [-0.2, 0) is 4.79 Å². The first kappa shape index (κ1) is 23.3. The van der Waals surface area contributed by atoms with E-state index >= 15 is 0 Å². The molecule has 0 radical (unpaired) electrons. The first-order chi connectivity index (χ1) is 15.8. The van der Waals surface area contributed by atoms with Gasteiger partial charge in [0, 0.05) is 22.9 Å². The third-order valence-corrected chi connectivity index (χ3v) is 6.78. The molecule has 1 aliphatic heterocycles. The molecule has 1 aliphatic rings. The first-order valence-electron chi connectivity index (χ1n) is 11.1. The molecule has 6 nitrogen and oxygen atoms in total. The van der Waals surface area contributed by atoms with Crippen molar-refractivity contribution >= 4 is 38.6 Å². The Bertz CT molecular complexity index is 1240. The van der Waals surface area contributed by atoms with Crippen LogP contribution in [0.4, 0.5) is 0 Å². The lowest BCUT2D eigenvalue weighted by Gasteiger charge is -2.30. The average Bonchev–Trinajstić information content (AvgIpc) is 3.33. The molecule has 1 unspecified atom stereocenters. The molecule has 172 valence electrons. The zero-order valence-corrected chi connectivity index (χ0v) is 20.6. The van der Waals surface area contributed by atoms with Gasteiger partial charge in [0.05, 0.1) is 11.6 Å². The lowest BCUT2D eigenvalue weighted by molar-refractivity contribution is -0.129. The largest absolute Gasteiger partial charge is 0.503 e. The van der Waals surface area contributed by atoms with Crippen LogP contribution in [0.25, 0.3) is 11.0 Å². The van der Waals surface area contributed by atoms with E-state index in [1.165, 1.54) is 0 Å². The Kier molecular flexibility index (Phi) is 6.72. The van der Waals surface area contributed by atoms with Gasteiger partial charge in [-0.25, -0.2) is 0 Å². The lowest BCUT2D eigenvalue weighted by atomic mass is 9.92. The fourth-order valence-electron chi connectivity index (χ4n) is 4.38. The first-order valence-corrected chi connectivity index (χ1v) is 11.9. The Morgan fingerprint density at radius 1 is 1.15 bits per heavy atom. The molecular weight excluding hydrogens is 484 g/mol. The number of rotatable bonds is 8. The summed E-state index contributed by atoms with van der Waals surface area (Å²) in [6.07, 6.45) is 0. The molecule has 2 aromatic carbocycles. The third-order valence-electron chi connectivity index (χ3n) is 6.29. The van der Waals surface area contributed by atoms with Gasteiger partial charge in [0.1, 0.15) is 5.58 Å². The summed E-state index contributed by atoms with van der Waals surface area (Å²) in [5, 5.41) is 11.7. The van der Waals surface area contributed by atoms with Gasteiger partial charge in [0.15, 0.2) is 11.5 Å². The zero-order valence-electron chi connectivity index (χ0n) is 19.0. The molecule has 4 rings (SSSR count). The van der Waals surface area contributed by atoms with Crippen molar-refractivity contribution < 1.29 is 19.1 Å². The Balaban J connectivity index is 1.77. The van der Waals surface area contributed by atoms with E-state index in [4.69, 9.17) is 4.42 Å². The number of Topliss-reactive ketones (excluding diaryl/α,β-unsaturated/α-hetero) is 1. The fraction of sp³-hybridized carbons (Fsp3) is 0.308. The molecule has 1 aromatic heterocycles. The molecule has 0 bridgehead atoms. The second-order valence-corrected chi connectivity index (χ2v) is 9.08. The van der Waals surface area contributed by atoms with E-state index in [1.54, 1.807) is 17.0 Å². The quantitative estimate of drug-likeness (QED) is 0.409. The van der Waals surface area contributed by atoms with Crippen LogP contribution in [0.1, 0.15) is 41.6 Å². The molecule has 1 N–H and O–H groups in total. The highest BCUT2D eigenvalue weighted by Gasteiger charge is 2.44. The minimum Gasteiger partial charge on any atom is -0.503 e. The van der Waals surface area contributed by atoms with Crippen LogP contribution in [0.3, 0.4) is 0 Å². The van der Waals surface area contributed by atoms with Gasteiger partial charge in [0.2, 0.25) is 5.78 Å². The highest BCUT2D eigenvalue weighted by Crippen LogP contribution is 2.40. The fourth-order valence-corrected chi connectivity index (χ4v) is 4.76. The van der Waals surface area contributed by atoms with Crippen molar-refractivity contribution in [3.63, 3.8) is 0 Å². The van der Waals surface area contributed by atoms with Crippen LogP contribution in [0, 0.1) is 6.92 Å². The van der Waals surface area contributed by atoms with Gasteiger partial charge in [-0.15, -0.1) is 0 Å². The Morgan fingerprint density at radius 2 is 1.88 bits per heavy atom. The van der Waals surface area contributed by atoms with Crippen molar-refractivity contribution in [2.75, 3.05) is 26.2 Å². The number of ketones is 1. The number of halogens is 1. The van der Waals surface area contributed by atoms with Crippen LogP contribution in [0.5, 0.6) is 0 Å². The van der Waals surface area contributed by atoms with E-state index < -0.39 is 23.5 Å². The van der Waals surface area contributed by atoms with Crippen LogP contribution in [0.2, 0.25) is 0 Å². The number of amides is 1. The number of furan rings is 1. The number of aryl methyl sites for hydroxylation is 1. The predicted molar refractivity (Wildman–Crippen MR) is 131 cm³/mol. The second kappa shape index (κ2) is 9.53. The highest BCUT2D eigenvalue weighted by atomic mass is 79.9. The maximum atomic E-state index is 13.6. The summed E-state index contributed by atoms with van der Waals surface area (Å²) < 4.78 is 6.68. The van der Waals surface area contributed by atoms with Gasteiger partial charge >= 0.3 is 0 Å². The highest BCUT2D eigenvalue weighted by molar-refractivity contribution is 9.10. The van der Waals surface area contributed by atoms with E-state index in [1.807, 2.05) is 43.3 Å². The van der Waals surface area contributed by atoms with Crippen molar-refractivity contribution in [3.05, 3.63) is 81.2 Å². The van der Waals surface area contributed by atoms with E-state index in [0.29, 0.717) is 18.7 Å². The third kappa shape index (κ3) is 4.35. The molecule has 1 amide bonds. The zero-order chi connectivity index (χ0) is 23.7. The number of fused-ring (bicyclic) bond motifs is 1. The molecule has 0 saturated carbocycles. The van der Waals surface area contributed by atoms with E-state index in [-0.39, 0.29) is 11.3 Å². The number of nitrogens with zero attached hydrogens (tertiary/aromatic N) is 2. The molecule has 0 saturated heterocycles. The molecule has 0 spiro atoms. The van der Waals surface area contributed by atoms with Gasteiger partial charge in [-0.2, -0.15) is 0 Å². The Labute approximate surface area is 201 Å². The van der Waals surface area contributed by atoms with E-state index in [9.17, 15) is 14.7 Å². The number of carbonyl (C=O) groups is 2. The number of carbonyl (C=O) groups excluding carboxylic acids is 2. The smallest absolute Gasteiger partial charge is 0.290 e. The summed E-state index contributed by atoms with van der Waals surface area (Å²) in [7, 11) is 0. The minimum absolute atomic E-state index is 0.0620. The van der Waals surface area contributed by atoms with Crippen molar-refractivity contribution in [2.24, 2.45) is 0 Å². The van der Waals surface area contributed by atoms with Crippen molar-refractivity contribution in [2.45, 2.75) is 26.8 Å². The summed E-state index contributed by atoms with van der Waals surface area (Å²) in [6.45, 7) is 8.83. The molecule has 2 heterocycles. The number of likely N-dealkylation sites (N-methyl/N-ethyl adjacent to an activating group) is 1. The summed E-state index contributed by atoms with van der Waals surface area (Å²) in [5.41, 5.74) is 2.39. The van der Waals surface area contributed by atoms with Crippen molar-refractivity contribution in [3.8, 4) is 0 Å². The molecule has 1 atom stereocenters. The topological polar surface area (TPSA) is 74.0 Å². The van der Waals surface area contributed by atoms with Gasteiger partial charge in [-0.05, 0) is 55.4 Å². The standard InChI is InChI=1S/C26H27BrN2O4/c1-4-28(5-2)12-13-29-23(19-9-7-6-8-16(19)3)22(25(31)26(29)32)24(30)21-15-17-14-18(27)10-11-20(17)33-21/h6-11,14-15,23,31H,4-5,12-13H2,1-3H3.